The standard InChI is InChI=1S/C23H26ClN3O2S/c1-3-5-6-7-19(4-2)26(20-14-10-18(24)11-15-20)23-25-22(16-30-23)17-8-12-21(13-9-17)27(28)29/h8-16,19H,3-7H2,1-2H3. The first-order chi connectivity index (χ1) is 14.5. The van der Waals surface area contributed by atoms with Crippen molar-refractivity contribution >= 4 is 39.4 Å². The van der Waals surface area contributed by atoms with Gasteiger partial charge in [0.25, 0.3) is 5.69 Å². The monoisotopic (exact) mass is 443 g/mol. The summed E-state index contributed by atoms with van der Waals surface area (Å²) in [6, 6.07) is 14.8. The van der Waals surface area contributed by atoms with Crippen molar-refractivity contribution in [2.45, 2.75) is 52.0 Å². The van der Waals surface area contributed by atoms with E-state index in [9.17, 15) is 10.1 Å². The van der Waals surface area contributed by atoms with Crippen molar-refractivity contribution in [2.24, 2.45) is 0 Å². The number of unbranched alkanes of at least 4 members (excludes halogenated alkanes) is 2. The molecule has 1 heterocycles. The molecule has 0 amide bonds. The number of halogens is 1. The number of rotatable bonds is 10. The summed E-state index contributed by atoms with van der Waals surface area (Å²) >= 11 is 7.71. The van der Waals surface area contributed by atoms with Gasteiger partial charge in [-0.1, -0.05) is 44.7 Å². The van der Waals surface area contributed by atoms with Crippen LogP contribution in [0, 0.1) is 10.1 Å². The van der Waals surface area contributed by atoms with Gasteiger partial charge in [0, 0.05) is 39.8 Å². The zero-order valence-electron chi connectivity index (χ0n) is 17.3. The number of anilines is 2. The molecule has 0 fully saturated rings. The highest BCUT2D eigenvalue weighted by Gasteiger charge is 2.22. The first-order valence-corrected chi connectivity index (χ1v) is 11.5. The molecule has 5 nitrogen and oxygen atoms in total. The third kappa shape index (κ3) is 5.37. The average molecular weight is 444 g/mol. The van der Waals surface area contributed by atoms with Gasteiger partial charge in [0.05, 0.1) is 10.6 Å². The zero-order valence-corrected chi connectivity index (χ0v) is 18.8. The Morgan fingerprint density at radius 2 is 1.80 bits per heavy atom. The van der Waals surface area contributed by atoms with Crippen molar-refractivity contribution in [3.8, 4) is 11.3 Å². The summed E-state index contributed by atoms with van der Waals surface area (Å²) in [7, 11) is 0. The minimum atomic E-state index is -0.388. The largest absolute Gasteiger partial charge is 0.315 e. The van der Waals surface area contributed by atoms with E-state index in [1.165, 1.54) is 31.4 Å². The first kappa shape index (κ1) is 22.2. The number of nitrogens with zero attached hydrogens (tertiary/aromatic N) is 3. The minimum absolute atomic E-state index is 0.0824. The number of nitro groups is 1. The van der Waals surface area contributed by atoms with Crippen LogP contribution < -0.4 is 4.90 Å². The Morgan fingerprint density at radius 1 is 1.10 bits per heavy atom. The molecule has 0 radical (unpaired) electrons. The molecule has 158 valence electrons. The summed E-state index contributed by atoms with van der Waals surface area (Å²) < 4.78 is 0. The molecule has 1 atom stereocenters. The fourth-order valence-corrected chi connectivity index (χ4v) is 4.54. The van der Waals surface area contributed by atoms with Crippen LogP contribution in [0.15, 0.2) is 53.9 Å². The van der Waals surface area contributed by atoms with Crippen LogP contribution in [0.2, 0.25) is 5.02 Å². The number of hydrogen-bond acceptors (Lipinski definition) is 5. The van der Waals surface area contributed by atoms with E-state index in [1.807, 2.05) is 29.6 Å². The number of non-ortho nitro benzene ring substituents is 1. The number of hydrogen-bond donors (Lipinski definition) is 0. The van der Waals surface area contributed by atoms with Gasteiger partial charge in [-0.05, 0) is 49.2 Å². The van der Waals surface area contributed by atoms with Crippen LogP contribution in [-0.2, 0) is 0 Å². The molecule has 0 aliphatic carbocycles. The van der Waals surface area contributed by atoms with E-state index < -0.39 is 0 Å². The van der Waals surface area contributed by atoms with Gasteiger partial charge in [0.15, 0.2) is 5.13 Å². The Balaban J connectivity index is 1.93. The maximum atomic E-state index is 10.9. The lowest BCUT2D eigenvalue weighted by molar-refractivity contribution is -0.384. The van der Waals surface area contributed by atoms with Crippen molar-refractivity contribution in [2.75, 3.05) is 4.90 Å². The van der Waals surface area contributed by atoms with E-state index in [2.05, 4.69) is 18.7 Å². The van der Waals surface area contributed by atoms with Crippen LogP contribution in [0.25, 0.3) is 11.3 Å². The van der Waals surface area contributed by atoms with E-state index >= 15 is 0 Å². The third-order valence-corrected chi connectivity index (χ3v) is 6.25. The predicted octanol–water partition coefficient (Wildman–Crippen LogP) is 7.87. The number of benzene rings is 2. The molecule has 1 unspecified atom stereocenters. The molecule has 0 aliphatic rings. The molecule has 0 spiro atoms. The third-order valence-electron chi connectivity index (χ3n) is 5.15. The van der Waals surface area contributed by atoms with Crippen LogP contribution in [-0.4, -0.2) is 15.9 Å². The quantitative estimate of drug-likeness (QED) is 0.182. The van der Waals surface area contributed by atoms with E-state index in [4.69, 9.17) is 16.6 Å². The van der Waals surface area contributed by atoms with Crippen molar-refractivity contribution in [1.82, 2.24) is 4.98 Å². The Hall–Kier alpha value is -2.44. The normalized spacial score (nSPS) is 12.0. The molecule has 1 aromatic heterocycles. The smallest absolute Gasteiger partial charge is 0.269 e. The molecule has 2 aromatic carbocycles. The van der Waals surface area contributed by atoms with Gasteiger partial charge in [-0.2, -0.15) is 0 Å². The molecular weight excluding hydrogens is 418 g/mol. The van der Waals surface area contributed by atoms with Gasteiger partial charge in [-0.3, -0.25) is 10.1 Å². The lowest BCUT2D eigenvalue weighted by Gasteiger charge is -2.31. The van der Waals surface area contributed by atoms with Crippen molar-refractivity contribution in [1.29, 1.82) is 0 Å². The summed E-state index contributed by atoms with van der Waals surface area (Å²) in [5.41, 5.74) is 2.86. The molecule has 3 rings (SSSR count). The maximum absolute atomic E-state index is 10.9. The Kier molecular flexibility index (Phi) is 7.82. The van der Waals surface area contributed by atoms with Gasteiger partial charge in [-0.25, -0.2) is 4.98 Å². The van der Waals surface area contributed by atoms with E-state index in [0.717, 1.165) is 34.9 Å². The topological polar surface area (TPSA) is 59.3 Å². The molecular formula is C23H26ClN3O2S. The maximum Gasteiger partial charge on any atom is 0.269 e. The first-order valence-electron chi connectivity index (χ1n) is 10.3. The summed E-state index contributed by atoms with van der Waals surface area (Å²) in [6.07, 6.45) is 5.70. The second-order valence-corrected chi connectivity index (χ2v) is 8.50. The predicted molar refractivity (Wildman–Crippen MR) is 126 cm³/mol. The van der Waals surface area contributed by atoms with E-state index in [-0.39, 0.29) is 10.6 Å². The van der Waals surface area contributed by atoms with Gasteiger partial charge < -0.3 is 4.90 Å². The molecule has 3 aromatic rings. The summed E-state index contributed by atoms with van der Waals surface area (Å²) in [6.45, 7) is 4.43. The van der Waals surface area contributed by atoms with Gasteiger partial charge in [-0.15, -0.1) is 11.3 Å². The molecule has 0 N–H and O–H groups in total. The highest BCUT2D eigenvalue weighted by molar-refractivity contribution is 7.14. The zero-order chi connectivity index (χ0) is 21.5. The van der Waals surface area contributed by atoms with Crippen molar-refractivity contribution < 1.29 is 4.92 Å². The SMILES string of the molecule is CCCCCC(CC)N(c1ccc(Cl)cc1)c1nc(-c2ccc([N+](=O)[O-])cc2)cs1. The molecule has 0 saturated carbocycles. The highest BCUT2D eigenvalue weighted by Crippen LogP contribution is 2.36. The fraction of sp³-hybridized carbons (Fsp3) is 0.348. The van der Waals surface area contributed by atoms with E-state index in [1.54, 1.807) is 23.5 Å². The summed E-state index contributed by atoms with van der Waals surface area (Å²) in [5, 5.41) is 14.6. The van der Waals surface area contributed by atoms with Crippen molar-refractivity contribution in [3.63, 3.8) is 0 Å². The molecule has 7 heteroatoms. The number of thiazole rings is 1. The summed E-state index contributed by atoms with van der Waals surface area (Å²) in [5.74, 6) is 0. The number of aromatic nitrogens is 1. The van der Waals surface area contributed by atoms with Crippen LogP contribution >= 0.6 is 22.9 Å². The van der Waals surface area contributed by atoms with Gasteiger partial charge in [0.1, 0.15) is 0 Å². The molecule has 0 saturated heterocycles. The second kappa shape index (κ2) is 10.5. The fourth-order valence-electron chi connectivity index (χ4n) is 3.49. The van der Waals surface area contributed by atoms with Crippen LogP contribution in [0.5, 0.6) is 0 Å². The van der Waals surface area contributed by atoms with E-state index in [0.29, 0.717) is 11.1 Å². The lowest BCUT2D eigenvalue weighted by atomic mass is 10.0. The van der Waals surface area contributed by atoms with Gasteiger partial charge in [0.2, 0.25) is 0 Å². The number of nitro benzene ring substituents is 1. The second-order valence-electron chi connectivity index (χ2n) is 7.22. The van der Waals surface area contributed by atoms with Crippen LogP contribution in [0.3, 0.4) is 0 Å². The molecule has 0 aliphatic heterocycles. The average Bonchev–Trinajstić information content (AvgIpc) is 3.24. The Morgan fingerprint density at radius 3 is 2.40 bits per heavy atom. The highest BCUT2D eigenvalue weighted by atomic mass is 35.5. The lowest BCUT2D eigenvalue weighted by Crippen LogP contribution is -2.30. The Labute approximate surface area is 186 Å². The Bertz CT molecular complexity index is 957. The molecule has 30 heavy (non-hydrogen) atoms. The van der Waals surface area contributed by atoms with Crippen molar-refractivity contribution in [3.05, 3.63) is 69.0 Å². The van der Waals surface area contributed by atoms with Gasteiger partial charge >= 0.3 is 0 Å². The van der Waals surface area contributed by atoms with Crippen LogP contribution in [0.1, 0.15) is 46.0 Å². The minimum Gasteiger partial charge on any atom is -0.315 e. The summed E-state index contributed by atoms with van der Waals surface area (Å²) in [4.78, 5) is 17.7. The molecule has 0 bridgehead atoms. The van der Waals surface area contributed by atoms with Crippen LogP contribution in [0.4, 0.5) is 16.5 Å².